The molecular weight excluding hydrogens is 260 g/mol. The van der Waals surface area contributed by atoms with Gasteiger partial charge in [0, 0.05) is 31.2 Å². The zero-order valence-corrected chi connectivity index (χ0v) is 13.0. The van der Waals surface area contributed by atoms with E-state index in [1.807, 2.05) is 0 Å². The largest absolute Gasteiger partial charge is 0.392 e. The first-order valence-electron chi connectivity index (χ1n) is 8.47. The normalized spacial score (nSPS) is 32.2. The minimum atomic E-state index is -0.139. The first-order valence-corrected chi connectivity index (χ1v) is 8.47. The summed E-state index contributed by atoms with van der Waals surface area (Å²) in [5, 5.41) is 13.8. The SMILES string of the molecule is C[C@H](c1ccccc1)N1CC[C@H](N[C@@H]2CCCC[C@@H]2O)C1. The molecule has 1 aliphatic heterocycles. The van der Waals surface area contributed by atoms with E-state index in [2.05, 4.69) is 47.5 Å². The molecule has 2 aliphatic rings. The highest BCUT2D eigenvalue weighted by Crippen LogP contribution is 2.26. The van der Waals surface area contributed by atoms with E-state index in [9.17, 15) is 5.11 Å². The lowest BCUT2D eigenvalue weighted by atomic mass is 9.92. The van der Waals surface area contributed by atoms with Gasteiger partial charge in [0.15, 0.2) is 0 Å². The van der Waals surface area contributed by atoms with E-state index in [0.29, 0.717) is 18.1 Å². The Morgan fingerprint density at radius 3 is 2.67 bits per heavy atom. The number of benzene rings is 1. The number of aliphatic hydroxyl groups excluding tert-OH is 1. The second-order valence-corrected chi connectivity index (χ2v) is 6.69. The quantitative estimate of drug-likeness (QED) is 0.894. The number of likely N-dealkylation sites (tertiary alicyclic amines) is 1. The molecule has 1 heterocycles. The van der Waals surface area contributed by atoms with Gasteiger partial charge in [-0.3, -0.25) is 4.90 Å². The molecule has 3 heteroatoms. The third kappa shape index (κ3) is 3.65. The van der Waals surface area contributed by atoms with Crippen molar-refractivity contribution in [1.29, 1.82) is 0 Å². The third-order valence-electron chi connectivity index (χ3n) is 5.23. The van der Waals surface area contributed by atoms with Crippen LogP contribution in [0.1, 0.15) is 50.6 Å². The van der Waals surface area contributed by atoms with E-state index >= 15 is 0 Å². The van der Waals surface area contributed by atoms with E-state index in [4.69, 9.17) is 0 Å². The molecule has 2 fully saturated rings. The second-order valence-electron chi connectivity index (χ2n) is 6.69. The fourth-order valence-corrected chi connectivity index (χ4v) is 3.83. The summed E-state index contributed by atoms with van der Waals surface area (Å²) in [6, 6.07) is 12.1. The van der Waals surface area contributed by atoms with Crippen molar-refractivity contribution in [2.24, 2.45) is 0 Å². The van der Waals surface area contributed by atoms with Crippen LogP contribution in [0.4, 0.5) is 0 Å². The lowest BCUT2D eigenvalue weighted by molar-refractivity contribution is 0.0848. The van der Waals surface area contributed by atoms with Crippen LogP contribution in [-0.2, 0) is 0 Å². The zero-order valence-electron chi connectivity index (χ0n) is 13.0. The topological polar surface area (TPSA) is 35.5 Å². The molecule has 0 amide bonds. The van der Waals surface area contributed by atoms with Crippen molar-refractivity contribution >= 4 is 0 Å². The molecule has 1 saturated heterocycles. The average molecular weight is 288 g/mol. The van der Waals surface area contributed by atoms with Gasteiger partial charge in [0.05, 0.1) is 6.10 Å². The Bertz CT molecular complexity index is 436. The van der Waals surface area contributed by atoms with Crippen molar-refractivity contribution in [2.45, 2.75) is 63.3 Å². The van der Waals surface area contributed by atoms with Crippen molar-refractivity contribution in [3.05, 3.63) is 35.9 Å². The maximum Gasteiger partial charge on any atom is 0.0693 e. The van der Waals surface area contributed by atoms with Crippen LogP contribution in [-0.4, -0.2) is 41.3 Å². The van der Waals surface area contributed by atoms with E-state index < -0.39 is 0 Å². The fraction of sp³-hybridized carbons (Fsp3) is 0.667. The molecule has 2 N–H and O–H groups in total. The molecule has 0 bridgehead atoms. The Kier molecular flexibility index (Phi) is 4.94. The molecular formula is C18H28N2O. The van der Waals surface area contributed by atoms with Crippen LogP contribution >= 0.6 is 0 Å². The van der Waals surface area contributed by atoms with Gasteiger partial charge in [0.2, 0.25) is 0 Å². The molecule has 116 valence electrons. The van der Waals surface area contributed by atoms with Gasteiger partial charge in [0.1, 0.15) is 0 Å². The Labute approximate surface area is 128 Å². The highest BCUT2D eigenvalue weighted by Gasteiger charge is 2.31. The van der Waals surface area contributed by atoms with Crippen molar-refractivity contribution in [3.63, 3.8) is 0 Å². The molecule has 0 radical (unpaired) electrons. The van der Waals surface area contributed by atoms with E-state index in [0.717, 1.165) is 25.9 Å². The van der Waals surface area contributed by atoms with Crippen molar-refractivity contribution in [2.75, 3.05) is 13.1 Å². The minimum Gasteiger partial charge on any atom is -0.392 e. The average Bonchev–Trinajstić information content (AvgIpc) is 2.98. The van der Waals surface area contributed by atoms with E-state index in [1.165, 1.54) is 24.8 Å². The molecule has 0 spiro atoms. The summed E-state index contributed by atoms with van der Waals surface area (Å²) in [4.78, 5) is 2.56. The first-order chi connectivity index (χ1) is 10.2. The molecule has 4 atom stereocenters. The van der Waals surface area contributed by atoms with Gasteiger partial charge in [-0.1, -0.05) is 43.2 Å². The number of rotatable bonds is 4. The molecule has 1 saturated carbocycles. The number of aliphatic hydroxyl groups is 1. The molecule has 1 aromatic rings. The van der Waals surface area contributed by atoms with Crippen LogP contribution in [0.15, 0.2) is 30.3 Å². The number of nitrogens with zero attached hydrogens (tertiary/aromatic N) is 1. The summed E-state index contributed by atoms with van der Waals surface area (Å²) in [7, 11) is 0. The van der Waals surface area contributed by atoms with Crippen LogP contribution in [0, 0.1) is 0 Å². The van der Waals surface area contributed by atoms with Gasteiger partial charge < -0.3 is 10.4 Å². The molecule has 1 aromatic carbocycles. The smallest absolute Gasteiger partial charge is 0.0693 e. The third-order valence-corrected chi connectivity index (χ3v) is 5.23. The highest BCUT2D eigenvalue weighted by atomic mass is 16.3. The minimum absolute atomic E-state index is 0.139. The van der Waals surface area contributed by atoms with Crippen molar-refractivity contribution < 1.29 is 5.11 Å². The monoisotopic (exact) mass is 288 g/mol. The zero-order chi connectivity index (χ0) is 14.7. The predicted octanol–water partition coefficient (Wildman–Crippen LogP) is 2.72. The number of hydrogen-bond donors (Lipinski definition) is 2. The fourth-order valence-electron chi connectivity index (χ4n) is 3.83. The summed E-state index contributed by atoms with van der Waals surface area (Å²) in [6.07, 6.45) is 5.59. The number of nitrogens with one attached hydrogen (secondary N) is 1. The standard InChI is InChI=1S/C18H28N2O/c1-14(15-7-3-2-4-8-15)20-12-11-16(13-20)19-17-9-5-6-10-18(17)21/h2-4,7-8,14,16-19,21H,5-6,9-13H2,1H3/t14-,16+,17-,18+/m1/s1. The van der Waals surface area contributed by atoms with Crippen LogP contribution in [0.2, 0.25) is 0 Å². The lowest BCUT2D eigenvalue weighted by Crippen LogP contribution is -2.48. The van der Waals surface area contributed by atoms with Crippen LogP contribution in [0.3, 0.4) is 0 Å². The molecule has 1 aliphatic carbocycles. The Morgan fingerprint density at radius 2 is 1.90 bits per heavy atom. The molecule has 3 nitrogen and oxygen atoms in total. The Hall–Kier alpha value is -0.900. The molecule has 3 rings (SSSR count). The van der Waals surface area contributed by atoms with Crippen molar-refractivity contribution in [3.8, 4) is 0 Å². The maximum atomic E-state index is 10.1. The van der Waals surface area contributed by atoms with Gasteiger partial charge in [-0.25, -0.2) is 0 Å². The van der Waals surface area contributed by atoms with Gasteiger partial charge in [0.25, 0.3) is 0 Å². The first kappa shape index (κ1) is 15.0. The second kappa shape index (κ2) is 6.91. The molecule has 21 heavy (non-hydrogen) atoms. The molecule has 0 aromatic heterocycles. The summed E-state index contributed by atoms with van der Waals surface area (Å²) < 4.78 is 0. The summed E-state index contributed by atoms with van der Waals surface area (Å²) >= 11 is 0. The van der Waals surface area contributed by atoms with Gasteiger partial charge >= 0.3 is 0 Å². The van der Waals surface area contributed by atoms with Crippen LogP contribution < -0.4 is 5.32 Å². The van der Waals surface area contributed by atoms with Crippen molar-refractivity contribution in [1.82, 2.24) is 10.2 Å². The predicted molar refractivity (Wildman–Crippen MR) is 86.2 cm³/mol. The lowest BCUT2D eigenvalue weighted by Gasteiger charge is -2.31. The summed E-state index contributed by atoms with van der Waals surface area (Å²) in [6.45, 7) is 4.54. The van der Waals surface area contributed by atoms with Crippen LogP contribution in [0.25, 0.3) is 0 Å². The van der Waals surface area contributed by atoms with Gasteiger partial charge in [-0.2, -0.15) is 0 Å². The van der Waals surface area contributed by atoms with Gasteiger partial charge in [-0.05, 0) is 31.7 Å². The van der Waals surface area contributed by atoms with Gasteiger partial charge in [-0.15, -0.1) is 0 Å². The maximum absolute atomic E-state index is 10.1. The summed E-state index contributed by atoms with van der Waals surface area (Å²) in [5.74, 6) is 0. The van der Waals surface area contributed by atoms with Crippen LogP contribution in [0.5, 0.6) is 0 Å². The number of hydrogen-bond acceptors (Lipinski definition) is 3. The van der Waals surface area contributed by atoms with E-state index in [-0.39, 0.29) is 6.10 Å². The molecule has 0 unspecified atom stereocenters. The Morgan fingerprint density at radius 1 is 1.14 bits per heavy atom. The highest BCUT2D eigenvalue weighted by molar-refractivity contribution is 5.18. The Balaban J connectivity index is 1.53. The van der Waals surface area contributed by atoms with E-state index in [1.54, 1.807) is 0 Å². The summed E-state index contributed by atoms with van der Waals surface area (Å²) in [5.41, 5.74) is 1.40.